The second-order valence-corrected chi connectivity index (χ2v) is 6.15. The molecule has 3 aliphatic rings. The normalized spacial score (nSPS) is 28.1. The van der Waals surface area contributed by atoms with Gasteiger partial charge in [-0.2, -0.15) is 0 Å². The molecule has 1 unspecified atom stereocenters. The first-order chi connectivity index (χ1) is 10.7. The molecule has 22 heavy (non-hydrogen) atoms. The standard InChI is InChI=1S/C18H22FN3/c1-2-18-10-13(11-20)17(9-14(18)7-8-21-12-18)22-16-5-3-15(19)4-6-16/h2-3,5,9,11,20-22H,1,4,6-8,10,12H2. The Morgan fingerprint density at radius 1 is 1.32 bits per heavy atom. The molecule has 4 heteroatoms. The molecule has 1 heterocycles. The zero-order valence-electron chi connectivity index (χ0n) is 12.7. The molecule has 1 saturated heterocycles. The lowest BCUT2D eigenvalue weighted by atomic mass is 9.69. The molecule has 3 nitrogen and oxygen atoms in total. The summed E-state index contributed by atoms with van der Waals surface area (Å²) in [5.41, 5.74) is 4.26. The van der Waals surface area contributed by atoms with Gasteiger partial charge in [-0.25, -0.2) is 4.39 Å². The fourth-order valence-corrected chi connectivity index (χ4v) is 3.40. The molecule has 0 aromatic carbocycles. The molecule has 3 N–H and O–H groups in total. The number of rotatable bonds is 4. The zero-order valence-corrected chi connectivity index (χ0v) is 12.7. The van der Waals surface area contributed by atoms with E-state index in [9.17, 15) is 4.39 Å². The summed E-state index contributed by atoms with van der Waals surface area (Å²) in [5, 5.41) is 14.6. The minimum Gasteiger partial charge on any atom is -0.359 e. The van der Waals surface area contributed by atoms with Gasteiger partial charge in [-0.15, -0.1) is 6.58 Å². The van der Waals surface area contributed by atoms with E-state index in [4.69, 9.17) is 5.41 Å². The monoisotopic (exact) mass is 299 g/mol. The van der Waals surface area contributed by atoms with Crippen molar-refractivity contribution in [3.05, 3.63) is 59.3 Å². The average Bonchev–Trinajstić information content (AvgIpc) is 2.56. The minimum atomic E-state index is -0.0714. The fraction of sp³-hybridized carbons (Fsp3) is 0.389. The van der Waals surface area contributed by atoms with Gasteiger partial charge in [0.25, 0.3) is 0 Å². The lowest BCUT2D eigenvalue weighted by Gasteiger charge is -2.41. The summed E-state index contributed by atoms with van der Waals surface area (Å²) < 4.78 is 13.1. The van der Waals surface area contributed by atoms with Crippen LogP contribution in [0.2, 0.25) is 0 Å². The molecular formula is C18H22FN3. The van der Waals surface area contributed by atoms with Crippen molar-refractivity contribution in [2.75, 3.05) is 13.1 Å². The van der Waals surface area contributed by atoms with Crippen LogP contribution in [0.3, 0.4) is 0 Å². The lowest BCUT2D eigenvalue weighted by Crippen LogP contribution is -2.43. The molecule has 1 atom stereocenters. The smallest absolute Gasteiger partial charge is 0.100 e. The fourth-order valence-electron chi connectivity index (χ4n) is 3.40. The van der Waals surface area contributed by atoms with Crippen molar-refractivity contribution in [2.45, 2.75) is 25.7 Å². The Labute approximate surface area is 130 Å². The first-order valence-corrected chi connectivity index (χ1v) is 7.78. The van der Waals surface area contributed by atoms with Crippen LogP contribution in [0.5, 0.6) is 0 Å². The van der Waals surface area contributed by atoms with E-state index >= 15 is 0 Å². The number of piperidine rings is 1. The highest BCUT2D eigenvalue weighted by atomic mass is 19.1. The Balaban J connectivity index is 1.90. The highest BCUT2D eigenvalue weighted by Gasteiger charge is 2.37. The number of halogens is 1. The third-order valence-corrected chi connectivity index (χ3v) is 4.78. The van der Waals surface area contributed by atoms with Crippen LogP contribution < -0.4 is 10.6 Å². The van der Waals surface area contributed by atoms with Gasteiger partial charge in [0.1, 0.15) is 5.83 Å². The van der Waals surface area contributed by atoms with Gasteiger partial charge in [0.05, 0.1) is 0 Å². The number of fused-ring (bicyclic) bond motifs is 1. The summed E-state index contributed by atoms with van der Waals surface area (Å²) >= 11 is 0. The predicted octanol–water partition coefficient (Wildman–Crippen LogP) is 3.51. The third-order valence-electron chi connectivity index (χ3n) is 4.78. The van der Waals surface area contributed by atoms with E-state index < -0.39 is 0 Å². The van der Waals surface area contributed by atoms with Crippen molar-refractivity contribution < 1.29 is 4.39 Å². The molecule has 0 aromatic heterocycles. The summed E-state index contributed by atoms with van der Waals surface area (Å²) in [6.07, 6.45) is 11.8. The van der Waals surface area contributed by atoms with Crippen molar-refractivity contribution >= 4 is 6.21 Å². The van der Waals surface area contributed by atoms with Gasteiger partial charge in [-0.3, -0.25) is 0 Å². The zero-order chi connectivity index (χ0) is 15.6. The molecule has 0 saturated carbocycles. The van der Waals surface area contributed by atoms with Gasteiger partial charge < -0.3 is 16.0 Å². The van der Waals surface area contributed by atoms with Crippen LogP contribution in [-0.4, -0.2) is 19.3 Å². The first-order valence-electron chi connectivity index (χ1n) is 7.78. The highest BCUT2D eigenvalue weighted by molar-refractivity contribution is 5.79. The van der Waals surface area contributed by atoms with Crippen LogP contribution in [0, 0.1) is 10.8 Å². The quantitative estimate of drug-likeness (QED) is 0.549. The SMILES string of the molecule is C=CC12CNCCC1=CC(NC1=CC=C(F)CC1)=C(C=N)C2. The molecule has 3 rings (SSSR count). The van der Waals surface area contributed by atoms with E-state index in [-0.39, 0.29) is 11.2 Å². The molecule has 1 fully saturated rings. The van der Waals surface area contributed by atoms with Crippen LogP contribution in [0.25, 0.3) is 0 Å². The minimum absolute atomic E-state index is 0.0662. The largest absolute Gasteiger partial charge is 0.359 e. The summed E-state index contributed by atoms with van der Waals surface area (Å²) in [6.45, 7) is 5.87. The lowest BCUT2D eigenvalue weighted by molar-refractivity contribution is 0.363. The van der Waals surface area contributed by atoms with Crippen LogP contribution >= 0.6 is 0 Å². The number of hydrogen-bond acceptors (Lipinski definition) is 3. The van der Waals surface area contributed by atoms with Crippen LogP contribution in [-0.2, 0) is 0 Å². The van der Waals surface area contributed by atoms with Crippen molar-refractivity contribution in [3.8, 4) is 0 Å². The average molecular weight is 299 g/mol. The summed E-state index contributed by atoms with van der Waals surface area (Å²) in [6, 6.07) is 0. The number of hydrogen-bond donors (Lipinski definition) is 3. The highest BCUT2D eigenvalue weighted by Crippen LogP contribution is 2.43. The molecule has 0 amide bonds. The first kappa shape index (κ1) is 15.0. The van der Waals surface area contributed by atoms with E-state index in [0.29, 0.717) is 12.8 Å². The van der Waals surface area contributed by atoms with Gasteiger partial charge in [0.2, 0.25) is 0 Å². The molecule has 0 aromatic rings. The second kappa shape index (κ2) is 6.05. The molecule has 1 aliphatic heterocycles. The van der Waals surface area contributed by atoms with Crippen LogP contribution in [0.15, 0.2) is 59.3 Å². The van der Waals surface area contributed by atoms with E-state index in [1.54, 1.807) is 6.08 Å². The Morgan fingerprint density at radius 3 is 2.86 bits per heavy atom. The topological polar surface area (TPSA) is 47.9 Å². The van der Waals surface area contributed by atoms with E-state index in [1.165, 1.54) is 17.9 Å². The van der Waals surface area contributed by atoms with Gasteiger partial charge in [0, 0.05) is 36.0 Å². The summed E-state index contributed by atoms with van der Waals surface area (Å²) in [4.78, 5) is 0. The van der Waals surface area contributed by atoms with Crippen molar-refractivity contribution in [3.63, 3.8) is 0 Å². The second-order valence-electron chi connectivity index (χ2n) is 6.15. The summed E-state index contributed by atoms with van der Waals surface area (Å²) in [7, 11) is 0. The Kier molecular flexibility index (Phi) is 4.12. The van der Waals surface area contributed by atoms with Crippen LogP contribution in [0.1, 0.15) is 25.7 Å². The molecule has 0 spiro atoms. The molecule has 2 aliphatic carbocycles. The molecule has 0 radical (unpaired) electrons. The van der Waals surface area contributed by atoms with E-state index in [0.717, 1.165) is 42.9 Å². The Morgan fingerprint density at radius 2 is 2.18 bits per heavy atom. The third kappa shape index (κ3) is 2.71. The van der Waals surface area contributed by atoms with Gasteiger partial charge >= 0.3 is 0 Å². The molecule has 116 valence electrons. The van der Waals surface area contributed by atoms with Crippen molar-refractivity contribution in [2.24, 2.45) is 5.41 Å². The van der Waals surface area contributed by atoms with Crippen molar-refractivity contribution in [1.82, 2.24) is 10.6 Å². The van der Waals surface area contributed by atoms with E-state index in [2.05, 4.69) is 23.3 Å². The molecule has 0 bridgehead atoms. The maximum atomic E-state index is 13.1. The Bertz CT molecular complexity index is 624. The van der Waals surface area contributed by atoms with Gasteiger partial charge in [-0.05, 0) is 49.6 Å². The number of nitrogens with one attached hydrogen (secondary N) is 3. The summed E-state index contributed by atoms with van der Waals surface area (Å²) in [5.74, 6) is -0.0714. The van der Waals surface area contributed by atoms with E-state index in [1.807, 2.05) is 6.08 Å². The van der Waals surface area contributed by atoms with Crippen molar-refractivity contribution in [1.29, 1.82) is 5.41 Å². The van der Waals surface area contributed by atoms with Gasteiger partial charge in [-0.1, -0.05) is 11.6 Å². The predicted molar refractivity (Wildman–Crippen MR) is 88.3 cm³/mol. The maximum absolute atomic E-state index is 13.1. The van der Waals surface area contributed by atoms with Gasteiger partial charge in [0.15, 0.2) is 0 Å². The molecular weight excluding hydrogens is 277 g/mol. The van der Waals surface area contributed by atoms with Crippen LogP contribution in [0.4, 0.5) is 4.39 Å². The Hall–Kier alpha value is -1.94. The number of allylic oxidation sites excluding steroid dienone is 6. The maximum Gasteiger partial charge on any atom is 0.100 e.